The minimum atomic E-state index is -4.20. The summed E-state index contributed by atoms with van der Waals surface area (Å²) in [6.07, 6.45) is 9.46. The largest absolute Gasteiger partial charge is 0.457 e. The maximum absolute atomic E-state index is 14.9. The molecule has 7 aromatic rings. The number of alkyl carbamates (subject to hydrolysis) is 1. The zero-order chi connectivity index (χ0) is 61.0. The summed E-state index contributed by atoms with van der Waals surface area (Å²) in [6.45, 7) is 11.9. The molecule has 2 aliphatic rings. The zero-order valence-corrected chi connectivity index (χ0v) is 51.1. The first-order valence-corrected chi connectivity index (χ1v) is 32.2. The van der Waals surface area contributed by atoms with Gasteiger partial charge in [0.05, 0.1) is 18.0 Å². The molecule has 2 atom stereocenters. The summed E-state index contributed by atoms with van der Waals surface area (Å²) in [5.41, 5.74) is 18.9. The van der Waals surface area contributed by atoms with Crippen LogP contribution in [-0.2, 0) is 33.5 Å². The lowest BCUT2D eigenvalue weighted by Gasteiger charge is -2.36. The van der Waals surface area contributed by atoms with Crippen molar-refractivity contribution in [1.82, 2.24) is 30.1 Å². The number of anilines is 2. The summed E-state index contributed by atoms with van der Waals surface area (Å²) >= 11 is 0. The molecule has 0 bridgehead atoms. The summed E-state index contributed by atoms with van der Waals surface area (Å²) in [6, 6.07) is 45.0. The van der Waals surface area contributed by atoms with E-state index in [1.165, 1.54) is 0 Å². The molecular weight excluding hydrogens is 1120 g/mol. The smallest absolute Gasteiger partial charge is 0.453 e. The summed E-state index contributed by atoms with van der Waals surface area (Å²) in [5.74, 6) is 0.823. The Labute approximate surface area is 510 Å². The Kier molecular flexibility index (Phi) is 22.3. The number of guanidine groups is 1. The van der Waals surface area contributed by atoms with Crippen LogP contribution in [0.15, 0.2) is 157 Å². The fourth-order valence-electron chi connectivity index (χ4n) is 11.0. The summed E-state index contributed by atoms with van der Waals surface area (Å²) in [4.78, 5) is 51.7. The third-order valence-electron chi connectivity index (χ3n) is 15.7. The van der Waals surface area contributed by atoms with Gasteiger partial charge in [0.25, 0.3) is 5.91 Å². The lowest BCUT2D eigenvalue weighted by atomic mass is 9.80. The maximum Gasteiger partial charge on any atom is 0.453 e. The number of aromatic nitrogens is 3. The molecule has 0 saturated carbocycles. The number of nitrogens with two attached hydrogens (primary N) is 2. The van der Waals surface area contributed by atoms with Crippen LogP contribution in [-0.4, -0.2) is 107 Å². The van der Waals surface area contributed by atoms with Gasteiger partial charge in [-0.05, 0) is 112 Å². The van der Waals surface area contributed by atoms with Crippen LogP contribution in [0.5, 0.6) is 23.0 Å². The summed E-state index contributed by atoms with van der Waals surface area (Å²) < 4.78 is 41.3. The Morgan fingerprint density at radius 2 is 1.37 bits per heavy atom. The van der Waals surface area contributed by atoms with E-state index in [4.69, 9.17) is 30.0 Å². The van der Waals surface area contributed by atoms with Gasteiger partial charge in [-0.15, -0.1) is 5.10 Å². The van der Waals surface area contributed by atoms with Gasteiger partial charge < -0.3 is 55.3 Å². The van der Waals surface area contributed by atoms with Crippen molar-refractivity contribution in [3.63, 3.8) is 0 Å². The number of nitrogens with one attached hydrogen (secondary N) is 2. The van der Waals surface area contributed by atoms with E-state index in [-0.39, 0.29) is 36.7 Å². The first-order valence-electron chi connectivity index (χ1n) is 30.6. The maximum atomic E-state index is 14.9. The molecule has 1 fully saturated rings. The molecule has 1 aromatic heterocycles. The molecule has 19 nitrogen and oxygen atoms in total. The molecule has 0 aliphatic carbocycles. The second-order valence-corrected chi connectivity index (χ2v) is 23.9. The molecular formula is C67H82N11O8P. The molecule has 2 unspecified atom stereocenters. The zero-order valence-electron chi connectivity index (χ0n) is 50.2. The normalized spacial score (nSPS) is 13.9. The monoisotopic (exact) mass is 1200 g/mol. The van der Waals surface area contributed by atoms with E-state index in [1.54, 1.807) is 72.8 Å². The minimum Gasteiger partial charge on any atom is -0.457 e. The third-order valence-corrected chi connectivity index (χ3v) is 17.7. The predicted molar refractivity (Wildman–Crippen MR) is 341 cm³/mol. The van der Waals surface area contributed by atoms with Crippen LogP contribution in [0.1, 0.15) is 123 Å². The molecule has 458 valence electrons. The number of carbonyl (C=O) groups excluding carboxylic acids is 3. The Hall–Kier alpha value is -8.83. The standard InChI is InChI=1S/C67H82N11O8P/c1-4-7-38-70-51-34-36-58-60(46-51)84-61-47-53(75(5-2)6-3)35-37-59(61)64(58)56-27-18-19-28-57(56)65(80)77-42-40-76(41-43-77)63(79)29-17-9-8-10-20-39-78-48-52(73-74-78)22-21-44-83-67(81)72-62(45-49-30-32-50(33-31-49)71-66(68)69)87(82,85-54-23-13-11-14-24-54)86-55-25-15-12-16-26-55/h11-16,18-19,23-28,30-37,46-48,62,64,70H,4-10,17,20-22,29,38-45H2,1-3H3,(H,72,81)(H4,68,69,71). The van der Waals surface area contributed by atoms with Crippen molar-refractivity contribution >= 4 is 48.5 Å². The lowest BCUT2D eigenvalue weighted by molar-refractivity contribution is -0.132. The fraction of sp³-hybridized carbons (Fsp3) is 0.373. The van der Waals surface area contributed by atoms with Crippen LogP contribution < -0.4 is 40.8 Å². The number of hydrogen-bond acceptors (Lipinski definition) is 13. The van der Waals surface area contributed by atoms with Gasteiger partial charge in [0.1, 0.15) is 23.0 Å². The number of fused-ring (bicyclic) bond motifs is 2. The van der Waals surface area contributed by atoms with Gasteiger partial charge in [0.2, 0.25) is 5.91 Å². The number of benzene rings is 6. The number of carbonyl (C=O) groups is 3. The highest BCUT2D eigenvalue weighted by Gasteiger charge is 2.42. The topological polar surface area (TPSA) is 234 Å². The summed E-state index contributed by atoms with van der Waals surface area (Å²) in [7, 11) is -4.20. The number of para-hydroxylation sites is 2. The highest BCUT2D eigenvalue weighted by molar-refractivity contribution is 7.55. The van der Waals surface area contributed by atoms with E-state index in [0.717, 1.165) is 110 Å². The van der Waals surface area contributed by atoms with E-state index >= 15 is 0 Å². The van der Waals surface area contributed by atoms with Crippen LogP contribution in [0.3, 0.4) is 0 Å². The number of unbranched alkanes of at least 4 members (excludes halogenated alkanes) is 5. The van der Waals surface area contributed by atoms with Crippen molar-refractivity contribution in [2.75, 3.05) is 62.6 Å². The molecule has 9 rings (SSSR count). The van der Waals surface area contributed by atoms with Crippen molar-refractivity contribution in [2.45, 2.75) is 110 Å². The molecule has 2 aliphatic heterocycles. The minimum absolute atomic E-state index is 0.0245. The first kappa shape index (κ1) is 62.7. The van der Waals surface area contributed by atoms with Crippen LogP contribution in [0.4, 0.5) is 21.9 Å². The van der Waals surface area contributed by atoms with Crippen LogP contribution in [0.2, 0.25) is 0 Å². The molecule has 87 heavy (non-hydrogen) atoms. The number of nitrogens with zero attached hydrogens (tertiary/aromatic N) is 7. The number of aryl methyl sites for hydroxylation is 2. The van der Waals surface area contributed by atoms with Crippen LogP contribution in [0, 0.1) is 0 Å². The Balaban J connectivity index is 0.702. The van der Waals surface area contributed by atoms with Gasteiger partial charge in [-0.1, -0.05) is 117 Å². The van der Waals surface area contributed by atoms with E-state index in [0.29, 0.717) is 80.3 Å². The Morgan fingerprint density at radius 1 is 0.724 bits per heavy atom. The first-order chi connectivity index (χ1) is 42.4. The second kappa shape index (κ2) is 31.0. The Bertz CT molecular complexity index is 3400. The van der Waals surface area contributed by atoms with Crippen molar-refractivity contribution < 1.29 is 37.5 Å². The van der Waals surface area contributed by atoms with Gasteiger partial charge in [0, 0.05) is 118 Å². The van der Waals surface area contributed by atoms with Gasteiger partial charge >= 0.3 is 13.7 Å². The van der Waals surface area contributed by atoms with E-state index in [2.05, 4.69) is 94.1 Å². The number of amides is 3. The molecule has 1 saturated heterocycles. The van der Waals surface area contributed by atoms with E-state index in [1.807, 2.05) is 51.0 Å². The number of piperazine rings is 1. The number of hydrogen-bond donors (Lipinski definition) is 4. The molecule has 3 heterocycles. The van der Waals surface area contributed by atoms with Gasteiger partial charge in [0.15, 0.2) is 11.7 Å². The van der Waals surface area contributed by atoms with Gasteiger partial charge in [-0.25, -0.2) is 14.4 Å². The van der Waals surface area contributed by atoms with Gasteiger partial charge in [-0.3, -0.25) is 14.3 Å². The fourth-order valence-corrected chi connectivity index (χ4v) is 12.9. The quantitative estimate of drug-likeness (QED) is 0.0142. The van der Waals surface area contributed by atoms with E-state index < -0.39 is 19.5 Å². The Morgan fingerprint density at radius 3 is 2.06 bits per heavy atom. The molecule has 20 heteroatoms. The van der Waals surface area contributed by atoms with E-state index in [9.17, 15) is 18.9 Å². The van der Waals surface area contributed by atoms with Crippen molar-refractivity contribution in [1.29, 1.82) is 0 Å². The average molecular weight is 1200 g/mol. The second-order valence-electron chi connectivity index (χ2n) is 21.9. The SMILES string of the molecule is CCCCNc1ccc2c(c1)Oc1cc(N(CC)CC)ccc1C2c1ccccc1C(=O)N1CCN(C(=O)CCCCCCCn2cc(CCCOC(=O)NC(Cc3ccc(N=C(N)N)cc3)P(=O)(Oc3ccccc3)Oc3ccccc3)nn2)CC1. The molecule has 6 aromatic carbocycles. The number of aliphatic imine (C=N–C) groups is 1. The van der Waals surface area contributed by atoms with Gasteiger partial charge in [-0.2, -0.15) is 0 Å². The van der Waals surface area contributed by atoms with Crippen molar-refractivity contribution in [3.05, 3.63) is 185 Å². The van der Waals surface area contributed by atoms with Crippen molar-refractivity contribution in [3.8, 4) is 23.0 Å². The predicted octanol–water partition coefficient (Wildman–Crippen LogP) is 12.4. The third kappa shape index (κ3) is 17.2. The molecule has 0 radical (unpaired) electrons. The number of ether oxygens (including phenoxy) is 2. The average Bonchev–Trinajstić information content (AvgIpc) is 1.64. The van der Waals surface area contributed by atoms with Crippen LogP contribution >= 0.6 is 7.60 Å². The molecule has 6 N–H and O–H groups in total. The summed E-state index contributed by atoms with van der Waals surface area (Å²) in [5, 5.41) is 15.0. The highest BCUT2D eigenvalue weighted by Crippen LogP contribution is 2.53. The molecule has 0 spiro atoms. The highest BCUT2D eigenvalue weighted by atomic mass is 31.2. The number of rotatable bonds is 30. The van der Waals surface area contributed by atoms with Crippen molar-refractivity contribution in [2.24, 2.45) is 16.5 Å². The lowest BCUT2D eigenvalue weighted by Crippen LogP contribution is -2.50. The molecule has 3 amide bonds. The van der Waals surface area contributed by atoms with Crippen LogP contribution in [0.25, 0.3) is 0 Å².